The molecule has 2 rings (SSSR count). The number of hydrogen-bond donors (Lipinski definition) is 4. The SMILES string of the molecule is CCCCCCCC(=O)N[C@@H](Cc1ccccc1)C(=O)N[C@H]1/C=C/CCNC(=O)/C=C/[C@H](C(C)C)NC1=O. The fourth-order valence-electron chi connectivity index (χ4n) is 4.12. The predicted molar refractivity (Wildman–Crippen MR) is 150 cm³/mol. The van der Waals surface area contributed by atoms with Gasteiger partial charge in [0.1, 0.15) is 12.1 Å². The molecule has 0 fully saturated rings. The van der Waals surface area contributed by atoms with Gasteiger partial charge in [0.2, 0.25) is 23.6 Å². The Labute approximate surface area is 227 Å². The molecule has 0 spiro atoms. The van der Waals surface area contributed by atoms with Crippen molar-refractivity contribution in [2.45, 2.75) is 90.3 Å². The van der Waals surface area contributed by atoms with Crippen molar-refractivity contribution < 1.29 is 19.2 Å². The van der Waals surface area contributed by atoms with Crippen LogP contribution in [0.15, 0.2) is 54.6 Å². The summed E-state index contributed by atoms with van der Waals surface area (Å²) in [7, 11) is 0. The summed E-state index contributed by atoms with van der Waals surface area (Å²) in [5.41, 5.74) is 0.912. The van der Waals surface area contributed by atoms with Gasteiger partial charge in [-0.25, -0.2) is 0 Å². The lowest BCUT2D eigenvalue weighted by Gasteiger charge is -2.25. The smallest absolute Gasteiger partial charge is 0.247 e. The van der Waals surface area contributed by atoms with Crippen LogP contribution in [0.5, 0.6) is 0 Å². The first kappa shape index (κ1) is 30.8. The Bertz CT molecular complexity index is 958. The van der Waals surface area contributed by atoms with Crippen LogP contribution >= 0.6 is 0 Å². The maximum Gasteiger partial charge on any atom is 0.247 e. The van der Waals surface area contributed by atoms with Crippen LogP contribution in [0.3, 0.4) is 0 Å². The molecule has 208 valence electrons. The molecule has 3 atom stereocenters. The highest BCUT2D eigenvalue weighted by molar-refractivity contribution is 5.93. The molecule has 4 N–H and O–H groups in total. The molecule has 8 heteroatoms. The minimum Gasteiger partial charge on any atom is -0.352 e. The molecule has 0 radical (unpaired) electrons. The van der Waals surface area contributed by atoms with Crippen molar-refractivity contribution in [3.8, 4) is 0 Å². The molecule has 1 aromatic rings. The third kappa shape index (κ3) is 11.8. The normalized spacial score (nSPS) is 20.7. The first-order chi connectivity index (χ1) is 18.3. The van der Waals surface area contributed by atoms with Crippen LogP contribution in [0.1, 0.15) is 71.3 Å². The minimum atomic E-state index is -0.920. The van der Waals surface area contributed by atoms with Crippen molar-refractivity contribution in [3.05, 3.63) is 60.2 Å². The van der Waals surface area contributed by atoms with Gasteiger partial charge < -0.3 is 21.3 Å². The first-order valence-corrected chi connectivity index (χ1v) is 13.9. The molecule has 0 unspecified atom stereocenters. The van der Waals surface area contributed by atoms with Gasteiger partial charge in [0, 0.05) is 31.5 Å². The molecule has 1 aliphatic heterocycles. The Kier molecular flexibility index (Phi) is 13.9. The number of hydrogen-bond acceptors (Lipinski definition) is 4. The zero-order valence-corrected chi connectivity index (χ0v) is 23.0. The number of rotatable bonds is 12. The number of nitrogens with one attached hydrogen (secondary N) is 4. The van der Waals surface area contributed by atoms with Crippen LogP contribution < -0.4 is 21.3 Å². The second-order valence-electron chi connectivity index (χ2n) is 10.1. The minimum absolute atomic E-state index is 0.0358. The summed E-state index contributed by atoms with van der Waals surface area (Å²) in [6.07, 6.45) is 12.8. The van der Waals surface area contributed by atoms with Crippen LogP contribution in [0.25, 0.3) is 0 Å². The molecule has 38 heavy (non-hydrogen) atoms. The van der Waals surface area contributed by atoms with Gasteiger partial charge in [-0.15, -0.1) is 0 Å². The number of carbonyl (C=O) groups excluding carboxylic acids is 4. The van der Waals surface area contributed by atoms with Crippen molar-refractivity contribution in [1.29, 1.82) is 0 Å². The maximum absolute atomic E-state index is 13.4. The predicted octanol–water partition coefficient (Wildman–Crippen LogP) is 3.33. The van der Waals surface area contributed by atoms with E-state index in [1.165, 1.54) is 6.08 Å². The summed E-state index contributed by atoms with van der Waals surface area (Å²) >= 11 is 0. The number of unbranched alkanes of at least 4 members (excludes halogenated alkanes) is 4. The fraction of sp³-hybridized carbons (Fsp3) is 0.533. The van der Waals surface area contributed by atoms with Crippen molar-refractivity contribution in [3.63, 3.8) is 0 Å². The quantitative estimate of drug-likeness (QED) is 0.248. The van der Waals surface area contributed by atoms with E-state index in [-0.39, 0.29) is 29.7 Å². The van der Waals surface area contributed by atoms with Crippen molar-refractivity contribution >= 4 is 23.6 Å². The molecule has 0 saturated heterocycles. The van der Waals surface area contributed by atoms with Crippen molar-refractivity contribution in [1.82, 2.24) is 21.3 Å². The van der Waals surface area contributed by atoms with E-state index in [0.717, 1.165) is 37.7 Å². The van der Waals surface area contributed by atoms with Gasteiger partial charge in [-0.05, 0) is 24.3 Å². The Morgan fingerprint density at radius 3 is 2.47 bits per heavy atom. The van der Waals surface area contributed by atoms with Crippen molar-refractivity contribution in [2.75, 3.05) is 6.54 Å². The highest BCUT2D eigenvalue weighted by Crippen LogP contribution is 2.09. The van der Waals surface area contributed by atoms with E-state index in [2.05, 4.69) is 28.2 Å². The second-order valence-corrected chi connectivity index (χ2v) is 10.1. The van der Waals surface area contributed by atoms with Crippen LogP contribution in [-0.2, 0) is 25.6 Å². The summed E-state index contributed by atoms with van der Waals surface area (Å²) in [6, 6.07) is 7.38. The van der Waals surface area contributed by atoms with Gasteiger partial charge >= 0.3 is 0 Å². The third-order valence-corrected chi connectivity index (χ3v) is 6.44. The fourth-order valence-corrected chi connectivity index (χ4v) is 4.12. The molecular weight excluding hydrogens is 480 g/mol. The largest absolute Gasteiger partial charge is 0.352 e. The lowest BCUT2D eigenvalue weighted by Crippen LogP contribution is -2.55. The van der Waals surface area contributed by atoms with E-state index in [0.29, 0.717) is 25.8 Å². The summed E-state index contributed by atoms with van der Waals surface area (Å²) in [4.78, 5) is 51.3. The lowest BCUT2D eigenvalue weighted by atomic mass is 10.0. The first-order valence-electron chi connectivity index (χ1n) is 13.9. The summed E-state index contributed by atoms with van der Waals surface area (Å²) in [5, 5.41) is 11.5. The molecule has 0 bridgehead atoms. The summed E-state index contributed by atoms with van der Waals surface area (Å²) < 4.78 is 0. The number of amides is 4. The van der Waals surface area contributed by atoms with Crippen molar-refractivity contribution in [2.24, 2.45) is 5.92 Å². The van der Waals surface area contributed by atoms with Gasteiger partial charge in [-0.2, -0.15) is 0 Å². The van der Waals surface area contributed by atoms with E-state index >= 15 is 0 Å². The Morgan fingerprint density at radius 1 is 1.03 bits per heavy atom. The molecule has 1 aliphatic rings. The van der Waals surface area contributed by atoms with Crippen LogP contribution in [-0.4, -0.2) is 48.3 Å². The molecule has 1 aromatic carbocycles. The number of benzene rings is 1. The van der Waals surface area contributed by atoms with Gasteiger partial charge in [-0.3, -0.25) is 19.2 Å². The summed E-state index contributed by atoms with van der Waals surface area (Å²) in [5.74, 6) is -1.14. The van der Waals surface area contributed by atoms with E-state index in [9.17, 15) is 19.2 Å². The molecule has 8 nitrogen and oxygen atoms in total. The van der Waals surface area contributed by atoms with Gasteiger partial charge in [0.25, 0.3) is 0 Å². The van der Waals surface area contributed by atoms with Gasteiger partial charge in [0.05, 0.1) is 0 Å². The van der Waals surface area contributed by atoms with E-state index in [4.69, 9.17) is 0 Å². The maximum atomic E-state index is 13.4. The highest BCUT2D eigenvalue weighted by atomic mass is 16.2. The topological polar surface area (TPSA) is 116 Å². The molecule has 4 amide bonds. The lowest BCUT2D eigenvalue weighted by molar-refractivity contribution is -0.131. The Balaban J connectivity index is 2.14. The molecule has 0 aliphatic carbocycles. The Morgan fingerprint density at radius 2 is 1.76 bits per heavy atom. The zero-order chi connectivity index (χ0) is 27.8. The zero-order valence-electron chi connectivity index (χ0n) is 23.0. The monoisotopic (exact) mass is 524 g/mol. The molecule has 1 heterocycles. The van der Waals surface area contributed by atoms with Crippen LogP contribution in [0, 0.1) is 5.92 Å². The average Bonchev–Trinajstić information content (AvgIpc) is 2.89. The molecule has 0 aromatic heterocycles. The van der Waals surface area contributed by atoms with E-state index in [1.54, 1.807) is 18.2 Å². The van der Waals surface area contributed by atoms with Gasteiger partial charge in [0.15, 0.2) is 0 Å². The standard InChI is InChI=1S/C30H44N4O4/c1-4-5-6-7-11-17-28(36)32-26(21-23-14-9-8-10-15-23)30(38)34-25-16-12-13-20-31-27(35)19-18-24(22(2)3)33-29(25)37/h8-10,12,14-16,18-19,22,24-26H,4-7,11,13,17,20-21H2,1-3H3,(H,31,35)(H,32,36)(H,33,37)(H,34,38)/b16-12+,19-18+/t24-,25+,26+/m1/s1. The van der Waals surface area contributed by atoms with Gasteiger partial charge in [-0.1, -0.05) is 95.0 Å². The molecular formula is C30H44N4O4. The van der Waals surface area contributed by atoms with Crippen LogP contribution in [0.2, 0.25) is 0 Å². The van der Waals surface area contributed by atoms with E-state index in [1.807, 2.05) is 44.2 Å². The average molecular weight is 525 g/mol. The summed E-state index contributed by atoms with van der Waals surface area (Å²) in [6.45, 7) is 6.44. The molecule has 0 saturated carbocycles. The second kappa shape index (κ2) is 17.2. The van der Waals surface area contributed by atoms with Crippen LogP contribution in [0.4, 0.5) is 0 Å². The number of carbonyl (C=O) groups is 4. The van der Waals surface area contributed by atoms with E-state index < -0.39 is 18.0 Å². The Hall–Kier alpha value is -3.42. The highest BCUT2D eigenvalue weighted by Gasteiger charge is 2.27. The third-order valence-electron chi connectivity index (χ3n) is 6.44.